The van der Waals surface area contributed by atoms with E-state index in [0.29, 0.717) is 12.1 Å². The molecular weight excluding hydrogens is 700 g/mol. The number of carboxylic acid groups (broad SMARTS) is 1. The maximum atomic E-state index is 14.4. The molecule has 1 saturated carbocycles. The van der Waals surface area contributed by atoms with Crippen molar-refractivity contribution >= 4 is 40.6 Å². The normalized spacial score (nSPS) is 19.9. The lowest BCUT2D eigenvalue weighted by Crippen LogP contribution is -2.57. The Morgan fingerprint density at radius 3 is 2.16 bits per heavy atom. The molecule has 4 N–H and O–H groups in total. The van der Waals surface area contributed by atoms with Gasteiger partial charge >= 0.3 is 12.1 Å². The fraction of sp³-hybridized carbons (Fsp3) is 0.676. The molecule has 0 aromatic heterocycles. The van der Waals surface area contributed by atoms with Crippen molar-refractivity contribution in [2.75, 3.05) is 19.7 Å². The number of alkyl halides is 2. The van der Waals surface area contributed by atoms with Crippen molar-refractivity contribution in [1.29, 1.82) is 0 Å². The first-order valence-corrected chi connectivity index (χ1v) is 18.5. The number of aromatic carboxylic acids is 1. The second-order valence-corrected chi connectivity index (χ2v) is 15.8. The summed E-state index contributed by atoms with van der Waals surface area (Å²) in [5.74, 6) is -7.03. The molecule has 0 bridgehead atoms. The molecule has 1 aromatic rings. The SMILES string of the molecule is CC(C)COC(=O)N[C@H](C(=O)N1C[C@H](S(=O)C2CCCCC2)C[C@H]1C(=O)N[C@@H](CC(F)F)C(=O)NCCc1c(F)cc(C(=O)O)cc1F)C(C)C. The largest absolute Gasteiger partial charge is 0.478 e. The summed E-state index contributed by atoms with van der Waals surface area (Å²) in [6.45, 7) is 6.57. The van der Waals surface area contributed by atoms with Crippen molar-refractivity contribution in [1.82, 2.24) is 20.9 Å². The number of alkyl carbamates (subject to hydrolysis) is 1. The van der Waals surface area contributed by atoms with Crippen molar-refractivity contribution in [2.24, 2.45) is 11.8 Å². The molecule has 4 amide bonds. The van der Waals surface area contributed by atoms with E-state index in [4.69, 9.17) is 9.84 Å². The Hall–Kier alpha value is -3.76. The molecule has 1 saturated heterocycles. The maximum Gasteiger partial charge on any atom is 0.407 e. The third-order valence-electron chi connectivity index (χ3n) is 8.92. The van der Waals surface area contributed by atoms with Gasteiger partial charge in [-0.3, -0.25) is 18.6 Å². The highest BCUT2D eigenvalue weighted by Gasteiger charge is 2.46. The van der Waals surface area contributed by atoms with Crippen LogP contribution >= 0.6 is 0 Å². The van der Waals surface area contributed by atoms with Crippen molar-refractivity contribution in [3.05, 3.63) is 34.9 Å². The van der Waals surface area contributed by atoms with E-state index >= 15 is 0 Å². The van der Waals surface area contributed by atoms with E-state index in [0.717, 1.165) is 32.1 Å². The molecule has 286 valence electrons. The molecule has 2 aliphatic rings. The fourth-order valence-electron chi connectivity index (χ4n) is 6.21. The van der Waals surface area contributed by atoms with Gasteiger partial charge in [0.25, 0.3) is 0 Å². The monoisotopic (exact) mass is 748 g/mol. The average Bonchev–Trinajstić information content (AvgIpc) is 3.52. The van der Waals surface area contributed by atoms with E-state index in [9.17, 15) is 45.7 Å². The molecule has 0 spiro atoms. The lowest BCUT2D eigenvalue weighted by molar-refractivity contribution is -0.141. The molecule has 1 heterocycles. The molecule has 1 unspecified atom stereocenters. The number of nitrogens with zero attached hydrogens (tertiary/aromatic N) is 1. The number of ether oxygens (including phenoxy) is 1. The van der Waals surface area contributed by atoms with Gasteiger partial charge < -0.3 is 30.7 Å². The van der Waals surface area contributed by atoms with Crippen LogP contribution in [-0.2, 0) is 36.3 Å². The van der Waals surface area contributed by atoms with Gasteiger partial charge in [0.1, 0.15) is 29.8 Å². The lowest BCUT2D eigenvalue weighted by Gasteiger charge is -2.31. The Bertz CT molecular complexity index is 1420. The summed E-state index contributed by atoms with van der Waals surface area (Å²) in [7, 11) is -1.44. The highest BCUT2D eigenvalue weighted by Crippen LogP contribution is 2.31. The number of hydrogen-bond donors (Lipinski definition) is 4. The maximum absolute atomic E-state index is 14.4. The minimum absolute atomic E-state index is 0.0252. The van der Waals surface area contributed by atoms with Gasteiger partial charge in [-0.15, -0.1) is 0 Å². The van der Waals surface area contributed by atoms with Crippen molar-refractivity contribution in [2.45, 2.75) is 114 Å². The smallest absolute Gasteiger partial charge is 0.407 e. The third kappa shape index (κ3) is 11.9. The van der Waals surface area contributed by atoms with Crippen LogP contribution in [0.15, 0.2) is 12.1 Å². The van der Waals surface area contributed by atoms with Crippen LogP contribution in [0.5, 0.6) is 0 Å². The summed E-state index contributed by atoms with van der Waals surface area (Å²) in [4.78, 5) is 65.6. The minimum atomic E-state index is -3.06. The zero-order chi connectivity index (χ0) is 38.0. The second kappa shape index (κ2) is 19.2. The molecular formula is C34H48F4N4O8S. The molecule has 0 radical (unpaired) electrons. The van der Waals surface area contributed by atoms with Gasteiger partial charge in [0, 0.05) is 41.1 Å². The number of benzene rings is 1. The van der Waals surface area contributed by atoms with Gasteiger partial charge in [-0.25, -0.2) is 27.2 Å². The summed E-state index contributed by atoms with van der Waals surface area (Å²) < 4.78 is 74.9. The first-order chi connectivity index (χ1) is 24.0. The number of nitrogens with one attached hydrogen (secondary N) is 3. The van der Waals surface area contributed by atoms with E-state index in [1.165, 1.54) is 4.90 Å². The first-order valence-electron chi connectivity index (χ1n) is 17.2. The Kier molecular flexibility index (Phi) is 15.7. The number of carbonyl (C=O) groups excluding carboxylic acids is 4. The Morgan fingerprint density at radius 1 is 0.980 bits per heavy atom. The number of rotatable bonds is 16. The predicted octanol–water partition coefficient (Wildman–Crippen LogP) is 3.92. The number of carbonyl (C=O) groups is 5. The van der Waals surface area contributed by atoms with Crippen LogP contribution in [0.25, 0.3) is 0 Å². The highest BCUT2D eigenvalue weighted by molar-refractivity contribution is 7.86. The van der Waals surface area contributed by atoms with Gasteiger partial charge in [-0.2, -0.15) is 0 Å². The second-order valence-electron chi connectivity index (χ2n) is 13.8. The van der Waals surface area contributed by atoms with Gasteiger partial charge in [0.15, 0.2) is 0 Å². The van der Waals surface area contributed by atoms with E-state index in [-0.39, 0.29) is 30.7 Å². The van der Waals surface area contributed by atoms with Gasteiger partial charge in [-0.05, 0) is 49.7 Å². The molecule has 51 heavy (non-hydrogen) atoms. The van der Waals surface area contributed by atoms with E-state index < -0.39 is 118 Å². The quantitative estimate of drug-likeness (QED) is 0.184. The third-order valence-corrected chi connectivity index (χ3v) is 11.0. The average molecular weight is 749 g/mol. The lowest BCUT2D eigenvalue weighted by atomic mass is 10.0. The summed E-state index contributed by atoms with van der Waals surface area (Å²) >= 11 is 0. The molecule has 2 fully saturated rings. The Morgan fingerprint density at radius 2 is 1.61 bits per heavy atom. The van der Waals surface area contributed by atoms with Gasteiger partial charge in [0.05, 0.1) is 17.4 Å². The summed E-state index contributed by atoms with van der Waals surface area (Å²) in [6, 6.07) is -3.05. The number of amides is 4. The van der Waals surface area contributed by atoms with Crippen LogP contribution in [0.2, 0.25) is 0 Å². The first kappa shape index (κ1) is 41.7. The van der Waals surface area contributed by atoms with Crippen LogP contribution in [0.3, 0.4) is 0 Å². The highest BCUT2D eigenvalue weighted by atomic mass is 32.2. The van der Waals surface area contributed by atoms with Crippen LogP contribution < -0.4 is 16.0 Å². The number of carboxylic acids is 1. The Labute approximate surface area is 297 Å². The van der Waals surface area contributed by atoms with Crippen LogP contribution in [-0.4, -0.2) is 98.7 Å². The predicted molar refractivity (Wildman–Crippen MR) is 179 cm³/mol. The number of likely N-dealkylation sites (tertiary alicyclic amines) is 1. The van der Waals surface area contributed by atoms with E-state index in [1.54, 1.807) is 13.8 Å². The number of hydrogen-bond acceptors (Lipinski definition) is 7. The topological polar surface area (TPSA) is 171 Å². The molecule has 5 atom stereocenters. The standard InChI is InChI=1S/C34H48F4N4O8S/c1-18(2)17-50-34(48)41-29(19(3)4)32(45)42-16-22(51(49)21-8-6-5-7-9-21)14-27(42)31(44)40-26(15-28(37)38)30(43)39-11-10-23-24(35)12-20(33(46)47)13-25(23)36/h12-13,18-19,21-22,26-29H,5-11,14-17H2,1-4H3,(H,39,43)(H,40,44)(H,41,48)(H,46,47)/t22-,26+,27+,29+,51?/m1/s1. The van der Waals surface area contributed by atoms with E-state index in [2.05, 4.69) is 16.0 Å². The van der Waals surface area contributed by atoms with Crippen molar-refractivity contribution in [3.8, 4) is 0 Å². The molecule has 1 aliphatic heterocycles. The number of halogens is 4. The van der Waals surface area contributed by atoms with Crippen molar-refractivity contribution in [3.63, 3.8) is 0 Å². The molecule has 1 aromatic carbocycles. The van der Waals surface area contributed by atoms with Crippen LogP contribution in [0.1, 0.15) is 88.6 Å². The molecule has 3 rings (SSSR count). The summed E-state index contributed by atoms with van der Waals surface area (Å²) in [6.07, 6.45) is -1.31. The fourth-order valence-corrected chi connectivity index (χ4v) is 8.23. The van der Waals surface area contributed by atoms with Crippen LogP contribution in [0, 0.1) is 23.5 Å². The summed E-state index contributed by atoms with van der Waals surface area (Å²) in [5.41, 5.74) is -1.16. The van der Waals surface area contributed by atoms with Gasteiger partial charge in [0.2, 0.25) is 24.1 Å². The minimum Gasteiger partial charge on any atom is -0.478 e. The Balaban J connectivity index is 1.80. The van der Waals surface area contributed by atoms with Crippen molar-refractivity contribution < 1.29 is 55.6 Å². The molecule has 17 heteroatoms. The molecule has 12 nitrogen and oxygen atoms in total. The zero-order valence-corrected chi connectivity index (χ0v) is 30.0. The van der Waals surface area contributed by atoms with Gasteiger partial charge in [-0.1, -0.05) is 47.0 Å². The zero-order valence-electron chi connectivity index (χ0n) is 29.2. The van der Waals surface area contributed by atoms with Crippen LogP contribution in [0.4, 0.5) is 22.4 Å². The summed E-state index contributed by atoms with van der Waals surface area (Å²) in [5, 5.41) is 15.3. The van der Waals surface area contributed by atoms with E-state index in [1.807, 2.05) is 13.8 Å². The molecule has 1 aliphatic carbocycles.